The van der Waals surface area contributed by atoms with Crippen LogP contribution < -0.4 is 0 Å². The molecule has 3 nitrogen and oxygen atoms in total. The number of benzene rings is 1. The highest BCUT2D eigenvalue weighted by Gasteiger charge is 2.16. The second-order valence-electron chi connectivity index (χ2n) is 4.03. The van der Waals surface area contributed by atoms with Gasteiger partial charge in [0.2, 0.25) is 0 Å². The lowest BCUT2D eigenvalue weighted by Crippen LogP contribution is -2.11. The molecule has 2 aromatic rings. The number of nitrogens with zero attached hydrogens (tertiary/aromatic N) is 1. The van der Waals surface area contributed by atoms with Crippen molar-refractivity contribution < 1.29 is 9.21 Å². The van der Waals surface area contributed by atoms with Crippen LogP contribution >= 0.6 is 11.8 Å². The highest BCUT2D eigenvalue weighted by molar-refractivity contribution is 8.00. The van der Waals surface area contributed by atoms with E-state index >= 15 is 0 Å². The third-order valence-corrected chi connectivity index (χ3v) is 3.60. The number of oxazole rings is 1. The van der Waals surface area contributed by atoms with Crippen molar-refractivity contribution in [2.45, 2.75) is 37.7 Å². The predicted octanol–water partition coefficient (Wildman–Crippen LogP) is 3.60. The van der Waals surface area contributed by atoms with E-state index in [1.54, 1.807) is 0 Å². The van der Waals surface area contributed by atoms with Crippen LogP contribution in [0.3, 0.4) is 0 Å². The Bertz CT molecular complexity index is 547. The van der Waals surface area contributed by atoms with Gasteiger partial charge in [0.05, 0.1) is 5.25 Å². The average Bonchev–Trinajstić information content (AvgIpc) is 2.69. The van der Waals surface area contributed by atoms with Gasteiger partial charge in [-0.15, -0.1) is 0 Å². The first-order chi connectivity index (χ1) is 8.10. The Morgan fingerprint density at radius 1 is 1.53 bits per heavy atom. The van der Waals surface area contributed by atoms with Gasteiger partial charge in [-0.3, -0.25) is 4.79 Å². The maximum Gasteiger partial charge on any atom is 0.257 e. The number of aromatic nitrogens is 1. The summed E-state index contributed by atoms with van der Waals surface area (Å²) in [6, 6.07) is 5.88. The van der Waals surface area contributed by atoms with Crippen LogP contribution in [0.2, 0.25) is 0 Å². The number of thioether (sulfide) groups is 1. The summed E-state index contributed by atoms with van der Waals surface area (Å²) in [5, 5.41) is 0.467. The summed E-state index contributed by atoms with van der Waals surface area (Å²) in [5.41, 5.74) is 2.78. The lowest BCUT2D eigenvalue weighted by molar-refractivity contribution is -0.118. The number of hydrogen-bond donors (Lipinski definition) is 0. The molecule has 0 spiro atoms. The van der Waals surface area contributed by atoms with Gasteiger partial charge < -0.3 is 4.42 Å². The maximum atomic E-state index is 11.5. The largest absolute Gasteiger partial charge is 0.431 e. The van der Waals surface area contributed by atoms with Gasteiger partial charge in [0, 0.05) is 6.42 Å². The van der Waals surface area contributed by atoms with Crippen molar-refractivity contribution in [3.05, 3.63) is 23.8 Å². The van der Waals surface area contributed by atoms with E-state index in [0.717, 1.165) is 16.7 Å². The lowest BCUT2D eigenvalue weighted by atomic mass is 10.2. The van der Waals surface area contributed by atoms with Crippen LogP contribution in [-0.2, 0) is 4.79 Å². The van der Waals surface area contributed by atoms with Crippen LogP contribution in [-0.4, -0.2) is 16.0 Å². The third-order valence-electron chi connectivity index (χ3n) is 2.60. The smallest absolute Gasteiger partial charge is 0.257 e. The average molecular weight is 249 g/mol. The van der Waals surface area contributed by atoms with Crippen LogP contribution in [0, 0.1) is 6.92 Å². The first kappa shape index (κ1) is 12.2. The van der Waals surface area contributed by atoms with Gasteiger partial charge in [-0.1, -0.05) is 24.8 Å². The Morgan fingerprint density at radius 3 is 3.00 bits per heavy atom. The van der Waals surface area contributed by atoms with Crippen molar-refractivity contribution >= 4 is 28.6 Å². The molecule has 0 saturated heterocycles. The molecule has 0 radical (unpaired) electrons. The van der Waals surface area contributed by atoms with Gasteiger partial charge in [0.25, 0.3) is 5.22 Å². The van der Waals surface area contributed by atoms with Gasteiger partial charge >= 0.3 is 0 Å². The van der Waals surface area contributed by atoms with E-state index in [9.17, 15) is 4.79 Å². The number of Topliss-reactive ketones (excluding diaryl/α,β-unsaturated/α-hetero) is 1. The molecule has 1 atom stereocenters. The lowest BCUT2D eigenvalue weighted by Gasteiger charge is -2.03. The van der Waals surface area contributed by atoms with E-state index in [4.69, 9.17) is 4.42 Å². The molecule has 1 aromatic heterocycles. The molecule has 0 bridgehead atoms. The van der Waals surface area contributed by atoms with E-state index < -0.39 is 0 Å². The van der Waals surface area contributed by atoms with Gasteiger partial charge in [0.1, 0.15) is 11.3 Å². The van der Waals surface area contributed by atoms with Crippen molar-refractivity contribution in [3.8, 4) is 0 Å². The van der Waals surface area contributed by atoms with Gasteiger partial charge in [0.15, 0.2) is 5.58 Å². The van der Waals surface area contributed by atoms with Crippen LogP contribution in [0.15, 0.2) is 27.8 Å². The van der Waals surface area contributed by atoms with Crippen LogP contribution in [0.5, 0.6) is 0 Å². The predicted molar refractivity (Wildman–Crippen MR) is 69.4 cm³/mol. The highest BCUT2D eigenvalue weighted by Crippen LogP contribution is 2.27. The molecular weight excluding hydrogens is 234 g/mol. The summed E-state index contributed by atoms with van der Waals surface area (Å²) >= 11 is 1.38. The zero-order valence-corrected chi connectivity index (χ0v) is 11.0. The molecule has 2 rings (SSSR count). The first-order valence-electron chi connectivity index (χ1n) is 5.66. The van der Waals surface area contributed by atoms with Crippen LogP contribution in [0.1, 0.15) is 25.8 Å². The number of carbonyl (C=O) groups is 1. The number of ketones is 1. The number of rotatable bonds is 4. The Morgan fingerprint density at radius 2 is 2.29 bits per heavy atom. The molecule has 0 aliphatic carbocycles. The third kappa shape index (κ3) is 2.69. The Balaban J connectivity index is 2.22. The molecule has 4 heteroatoms. The molecule has 1 aromatic carbocycles. The summed E-state index contributed by atoms with van der Waals surface area (Å²) in [6.45, 7) is 5.77. The fraction of sp³-hybridized carbons (Fsp3) is 0.385. The van der Waals surface area contributed by atoms with E-state index in [0.29, 0.717) is 11.6 Å². The molecule has 0 fully saturated rings. The summed E-state index contributed by atoms with van der Waals surface area (Å²) < 4.78 is 5.59. The quantitative estimate of drug-likeness (QED) is 0.776. The highest BCUT2D eigenvalue weighted by atomic mass is 32.2. The minimum absolute atomic E-state index is 0.103. The fourth-order valence-electron chi connectivity index (χ4n) is 1.57. The molecule has 0 aliphatic heterocycles. The van der Waals surface area contributed by atoms with Crippen LogP contribution in [0.4, 0.5) is 0 Å². The molecule has 1 unspecified atom stereocenters. The Hall–Kier alpha value is -1.29. The summed E-state index contributed by atoms with van der Waals surface area (Å²) in [6.07, 6.45) is 0.549. The minimum atomic E-state index is -0.103. The van der Waals surface area contributed by atoms with E-state index in [1.165, 1.54) is 11.8 Å². The number of aryl methyl sites for hydroxylation is 1. The summed E-state index contributed by atoms with van der Waals surface area (Å²) in [5.74, 6) is 0.216. The summed E-state index contributed by atoms with van der Waals surface area (Å²) in [4.78, 5) is 15.9. The molecule has 90 valence electrons. The molecule has 1 heterocycles. The van der Waals surface area contributed by atoms with Crippen molar-refractivity contribution in [2.24, 2.45) is 0 Å². The van der Waals surface area contributed by atoms with E-state index in [1.807, 2.05) is 39.0 Å². The number of carbonyl (C=O) groups excluding carboxylic acids is 1. The first-order valence-corrected chi connectivity index (χ1v) is 6.54. The normalized spacial score (nSPS) is 12.9. The standard InChI is InChI=1S/C13H15NO2S/c1-4-11(15)9(3)17-13-14-10-7-8(2)5-6-12(10)16-13/h5-7,9H,4H2,1-3H3. The molecule has 0 N–H and O–H groups in total. The van der Waals surface area contributed by atoms with E-state index in [-0.39, 0.29) is 11.0 Å². The van der Waals surface area contributed by atoms with Crippen LogP contribution in [0.25, 0.3) is 11.1 Å². The molecular formula is C13H15NO2S. The van der Waals surface area contributed by atoms with Crippen molar-refractivity contribution in [1.29, 1.82) is 0 Å². The van der Waals surface area contributed by atoms with Gasteiger partial charge in [-0.05, 0) is 31.5 Å². The second-order valence-corrected chi connectivity index (χ2v) is 5.32. The monoisotopic (exact) mass is 249 g/mol. The topological polar surface area (TPSA) is 43.1 Å². The Kier molecular flexibility index (Phi) is 3.52. The molecule has 17 heavy (non-hydrogen) atoms. The minimum Gasteiger partial charge on any atom is -0.431 e. The molecule has 0 aliphatic rings. The van der Waals surface area contributed by atoms with Crippen molar-refractivity contribution in [2.75, 3.05) is 0 Å². The van der Waals surface area contributed by atoms with Gasteiger partial charge in [-0.25, -0.2) is 4.98 Å². The second kappa shape index (κ2) is 4.92. The zero-order valence-electron chi connectivity index (χ0n) is 10.2. The van der Waals surface area contributed by atoms with E-state index in [2.05, 4.69) is 4.98 Å². The molecule has 0 amide bonds. The summed E-state index contributed by atoms with van der Waals surface area (Å²) in [7, 11) is 0. The molecule has 0 saturated carbocycles. The SMILES string of the molecule is CCC(=O)C(C)Sc1nc2cc(C)ccc2o1. The van der Waals surface area contributed by atoms with Gasteiger partial charge in [-0.2, -0.15) is 0 Å². The zero-order chi connectivity index (χ0) is 12.4. The van der Waals surface area contributed by atoms with Crippen molar-refractivity contribution in [1.82, 2.24) is 4.98 Å². The Labute approximate surface area is 105 Å². The number of hydrogen-bond acceptors (Lipinski definition) is 4. The number of fused-ring (bicyclic) bond motifs is 1. The van der Waals surface area contributed by atoms with Crippen molar-refractivity contribution in [3.63, 3.8) is 0 Å². The maximum absolute atomic E-state index is 11.5. The fourth-order valence-corrected chi connectivity index (χ4v) is 2.46.